The van der Waals surface area contributed by atoms with Gasteiger partial charge in [-0.05, 0) is 25.5 Å². The number of rotatable bonds is 3. The van der Waals surface area contributed by atoms with Gasteiger partial charge in [-0.3, -0.25) is 9.69 Å². The number of hydrogen-bond acceptors (Lipinski definition) is 4. The molecule has 1 aromatic rings. The van der Waals surface area contributed by atoms with Crippen molar-refractivity contribution in [3.63, 3.8) is 0 Å². The van der Waals surface area contributed by atoms with Gasteiger partial charge >= 0.3 is 0 Å². The molecule has 0 aliphatic carbocycles. The van der Waals surface area contributed by atoms with E-state index in [-0.39, 0.29) is 11.6 Å². The summed E-state index contributed by atoms with van der Waals surface area (Å²) in [4.78, 5) is 16.2. The number of nitrogens with zero attached hydrogens (tertiary/aromatic N) is 2. The zero-order valence-electron chi connectivity index (χ0n) is 12.3. The average Bonchev–Trinajstić information content (AvgIpc) is 2.97. The highest BCUT2D eigenvalue weighted by atomic mass is 19.1. The predicted octanol–water partition coefficient (Wildman–Crippen LogP) is 1.94. The number of ether oxygens (including phenoxy) is 1. The number of carbonyl (C=O) groups excluding carboxylic acids is 1. The van der Waals surface area contributed by atoms with Crippen LogP contribution < -0.4 is 4.90 Å². The van der Waals surface area contributed by atoms with Crippen LogP contribution >= 0.6 is 0 Å². The van der Waals surface area contributed by atoms with Crippen LogP contribution in [0.1, 0.15) is 23.7 Å². The maximum atomic E-state index is 14.2. The van der Waals surface area contributed by atoms with E-state index in [0.29, 0.717) is 17.3 Å². The molecule has 2 fully saturated rings. The lowest BCUT2D eigenvalue weighted by molar-refractivity contribution is 0.0209. The predicted molar refractivity (Wildman–Crippen MR) is 79.4 cm³/mol. The van der Waals surface area contributed by atoms with Gasteiger partial charge < -0.3 is 9.64 Å². The molecule has 1 aromatic carbocycles. The van der Waals surface area contributed by atoms with E-state index < -0.39 is 0 Å². The first-order valence-corrected chi connectivity index (χ1v) is 7.53. The Morgan fingerprint density at radius 3 is 2.76 bits per heavy atom. The van der Waals surface area contributed by atoms with Crippen LogP contribution in [0.25, 0.3) is 0 Å². The fourth-order valence-corrected chi connectivity index (χ4v) is 3.31. The molecule has 21 heavy (non-hydrogen) atoms. The van der Waals surface area contributed by atoms with E-state index in [1.165, 1.54) is 13.0 Å². The number of morpholine rings is 1. The molecule has 1 unspecified atom stereocenters. The third-order valence-corrected chi connectivity index (χ3v) is 4.41. The normalized spacial score (nSPS) is 23.5. The molecule has 0 bridgehead atoms. The van der Waals surface area contributed by atoms with Crippen LogP contribution in [0.5, 0.6) is 0 Å². The molecule has 114 valence electrons. The van der Waals surface area contributed by atoms with Crippen LogP contribution in [0.2, 0.25) is 0 Å². The van der Waals surface area contributed by atoms with Crippen LogP contribution in [0, 0.1) is 5.82 Å². The van der Waals surface area contributed by atoms with E-state index in [2.05, 4.69) is 4.90 Å². The first-order chi connectivity index (χ1) is 10.2. The summed E-state index contributed by atoms with van der Waals surface area (Å²) in [7, 11) is 0. The van der Waals surface area contributed by atoms with Gasteiger partial charge in [-0.25, -0.2) is 4.39 Å². The smallest absolute Gasteiger partial charge is 0.161 e. The number of para-hydroxylation sites is 1. The highest BCUT2D eigenvalue weighted by molar-refractivity contribution is 5.99. The molecule has 2 heterocycles. The molecule has 0 N–H and O–H groups in total. The highest BCUT2D eigenvalue weighted by Gasteiger charge is 2.31. The number of carbonyl (C=O) groups is 1. The van der Waals surface area contributed by atoms with E-state index in [1.54, 1.807) is 12.1 Å². The van der Waals surface area contributed by atoms with Crippen molar-refractivity contribution in [3.05, 3.63) is 29.6 Å². The number of benzene rings is 1. The topological polar surface area (TPSA) is 32.8 Å². The third-order valence-electron chi connectivity index (χ3n) is 4.41. The van der Waals surface area contributed by atoms with Gasteiger partial charge in [0.1, 0.15) is 5.82 Å². The Labute approximate surface area is 124 Å². The lowest BCUT2D eigenvalue weighted by Crippen LogP contribution is -2.44. The molecule has 0 spiro atoms. The second kappa shape index (κ2) is 6.12. The molecule has 0 radical (unpaired) electrons. The number of halogens is 1. The van der Waals surface area contributed by atoms with Gasteiger partial charge in [0.2, 0.25) is 0 Å². The van der Waals surface area contributed by atoms with Crippen LogP contribution in [-0.2, 0) is 4.74 Å². The summed E-state index contributed by atoms with van der Waals surface area (Å²) in [6.45, 7) is 6.49. The van der Waals surface area contributed by atoms with Crippen LogP contribution in [0.4, 0.5) is 10.1 Å². The van der Waals surface area contributed by atoms with Gasteiger partial charge in [0.05, 0.1) is 18.9 Å². The molecule has 5 heteroatoms. The largest absolute Gasteiger partial charge is 0.379 e. The standard InChI is InChI=1S/C16H21FN2O2/c1-12(20)14-3-2-4-15(17)16(14)19-6-5-13(11-19)18-7-9-21-10-8-18/h2-4,13H,5-11H2,1H3. The maximum absolute atomic E-state index is 14.2. The molecule has 4 nitrogen and oxygen atoms in total. The molecule has 2 aliphatic rings. The first-order valence-electron chi connectivity index (χ1n) is 7.53. The molecule has 0 aromatic heterocycles. The van der Waals surface area contributed by atoms with E-state index in [9.17, 15) is 9.18 Å². The Bertz CT molecular complexity index is 529. The molecule has 3 rings (SSSR count). The van der Waals surface area contributed by atoms with Crippen LogP contribution in [0.15, 0.2) is 18.2 Å². The number of ketones is 1. The number of anilines is 1. The zero-order chi connectivity index (χ0) is 14.8. The minimum absolute atomic E-state index is 0.0840. The van der Waals surface area contributed by atoms with Crippen molar-refractivity contribution >= 4 is 11.5 Å². The Morgan fingerprint density at radius 1 is 1.29 bits per heavy atom. The van der Waals surface area contributed by atoms with E-state index in [4.69, 9.17) is 4.74 Å². The summed E-state index contributed by atoms with van der Waals surface area (Å²) >= 11 is 0. The van der Waals surface area contributed by atoms with Crippen LogP contribution in [-0.4, -0.2) is 56.1 Å². The van der Waals surface area contributed by atoms with Crippen molar-refractivity contribution in [3.8, 4) is 0 Å². The summed E-state index contributed by atoms with van der Waals surface area (Å²) in [6, 6.07) is 5.17. The zero-order valence-corrected chi connectivity index (χ0v) is 12.3. The maximum Gasteiger partial charge on any atom is 0.161 e. The molecule has 2 saturated heterocycles. The summed E-state index contributed by atoms with van der Waals surface area (Å²) in [5.41, 5.74) is 0.957. The quantitative estimate of drug-likeness (QED) is 0.797. The Balaban J connectivity index is 1.78. The Kier molecular flexibility index (Phi) is 4.22. The van der Waals surface area contributed by atoms with Crippen molar-refractivity contribution in [2.75, 3.05) is 44.3 Å². The molecular formula is C16H21FN2O2. The SMILES string of the molecule is CC(=O)c1cccc(F)c1N1CCC(N2CCOCC2)C1. The molecule has 2 aliphatic heterocycles. The minimum atomic E-state index is -0.301. The summed E-state index contributed by atoms with van der Waals surface area (Å²) in [5, 5.41) is 0. The second-order valence-corrected chi connectivity index (χ2v) is 5.73. The minimum Gasteiger partial charge on any atom is -0.379 e. The van der Waals surface area contributed by atoms with Gasteiger partial charge in [0, 0.05) is 37.8 Å². The van der Waals surface area contributed by atoms with Crippen molar-refractivity contribution in [2.24, 2.45) is 0 Å². The number of hydrogen-bond donors (Lipinski definition) is 0. The summed E-state index contributed by atoms with van der Waals surface area (Å²) in [6.07, 6.45) is 1.01. The summed E-state index contributed by atoms with van der Waals surface area (Å²) in [5.74, 6) is -0.385. The average molecular weight is 292 g/mol. The Morgan fingerprint density at radius 2 is 2.05 bits per heavy atom. The van der Waals surface area contributed by atoms with Gasteiger partial charge in [-0.15, -0.1) is 0 Å². The first kappa shape index (κ1) is 14.5. The molecule has 0 saturated carbocycles. The number of Topliss-reactive ketones (excluding diaryl/α,β-unsaturated/α-hetero) is 1. The monoisotopic (exact) mass is 292 g/mol. The van der Waals surface area contributed by atoms with Crippen molar-refractivity contribution in [1.82, 2.24) is 4.90 Å². The lowest BCUT2D eigenvalue weighted by Gasteiger charge is -2.32. The van der Waals surface area contributed by atoms with Crippen molar-refractivity contribution in [1.29, 1.82) is 0 Å². The van der Waals surface area contributed by atoms with E-state index in [0.717, 1.165) is 45.8 Å². The van der Waals surface area contributed by atoms with Gasteiger partial charge in [-0.2, -0.15) is 0 Å². The van der Waals surface area contributed by atoms with Crippen LogP contribution in [0.3, 0.4) is 0 Å². The lowest BCUT2D eigenvalue weighted by atomic mass is 10.1. The highest BCUT2D eigenvalue weighted by Crippen LogP contribution is 2.29. The molecular weight excluding hydrogens is 271 g/mol. The molecule has 0 amide bonds. The second-order valence-electron chi connectivity index (χ2n) is 5.73. The van der Waals surface area contributed by atoms with Gasteiger partial charge in [-0.1, -0.05) is 6.07 Å². The van der Waals surface area contributed by atoms with E-state index in [1.807, 2.05) is 4.90 Å². The van der Waals surface area contributed by atoms with E-state index >= 15 is 0 Å². The third kappa shape index (κ3) is 2.94. The van der Waals surface area contributed by atoms with Gasteiger partial charge in [0.25, 0.3) is 0 Å². The Hall–Kier alpha value is -1.46. The van der Waals surface area contributed by atoms with Crippen molar-refractivity contribution < 1.29 is 13.9 Å². The summed E-state index contributed by atoms with van der Waals surface area (Å²) < 4.78 is 19.6. The fraction of sp³-hybridized carbons (Fsp3) is 0.562. The fourth-order valence-electron chi connectivity index (χ4n) is 3.31. The van der Waals surface area contributed by atoms with Crippen molar-refractivity contribution in [2.45, 2.75) is 19.4 Å². The molecule has 1 atom stereocenters. The van der Waals surface area contributed by atoms with Gasteiger partial charge in [0.15, 0.2) is 5.78 Å².